The van der Waals surface area contributed by atoms with Gasteiger partial charge >= 0.3 is 12.2 Å². The number of hydrogen-bond acceptors (Lipinski definition) is 8. The van der Waals surface area contributed by atoms with Gasteiger partial charge in [0.2, 0.25) is 5.88 Å². The Morgan fingerprint density at radius 2 is 1.89 bits per heavy atom. The third-order valence-electron chi connectivity index (χ3n) is 5.81. The normalized spacial score (nSPS) is 15.2. The molecule has 0 spiro atoms. The molecule has 1 N–H and O–H groups in total. The minimum atomic E-state index is -4.85. The summed E-state index contributed by atoms with van der Waals surface area (Å²) in [4.78, 5) is 23.7. The molecule has 1 aromatic heterocycles. The van der Waals surface area contributed by atoms with Crippen LogP contribution >= 0.6 is 12.2 Å². The molecule has 1 fully saturated rings. The number of aliphatic hydroxyl groups is 1. The molecule has 198 valence electrons. The molecular weight excluding hydrogens is 530 g/mol. The van der Waals surface area contributed by atoms with E-state index in [0.29, 0.717) is 6.07 Å². The lowest BCUT2D eigenvalue weighted by Gasteiger charge is -2.29. The summed E-state index contributed by atoms with van der Waals surface area (Å²) >= 11 is 5.51. The fraction of sp³-hybridized carbons (Fsp3) is 0.292. The number of rotatable bonds is 6. The zero-order chi connectivity index (χ0) is 28.0. The van der Waals surface area contributed by atoms with Crippen molar-refractivity contribution in [3.8, 4) is 18.0 Å². The Morgan fingerprint density at radius 3 is 2.50 bits per heavy atom. The van der Waals surface area contributed by atoms with Crippen molar-refractivity contribution in [2.24, 2.45) is 0 Å². The number of halogens is 4. The second-order valence-corrected chi connectivity index (χ2v) is 8.93. The fourth-order valence-electron chi connectivity index (χ4n) is 4.06. The number of fused-ring (bicyclic) bond motifs is 1. The van der Waals surface area contributed by atoms with Gasteiger partial charge in [-0.3, -0.25) is 9.69 Å². The van der Waals surface area contributed by atoms with Crippen LogP contribution in [0.1, 0.15) is 25.0 Å². The summed E-state index contributed by atoms with van der Waals surface area (Å²) in [6, 6.07) is 6.59. The molecule has 0 radical (unpaired) electrons. The number of aromatic nitrogens is 2. The Hall–Kier alpha value is -4.09. The topological polar surface area (TPSA) is 112 Å². The van der Waals surface area contributed by atoms with Crippen LogP contribution in [-0.4, -0.2) is 52.0 Å². The summed E-state index contributed by atoms with van der Waals surface area (Å²) in [5, 5.41) is 18.1. The molecular formula is C24H19F4N5O4S. The molecule has 1 amide bonds. The van der Waals surface area contributed by atoms with E-state index >= 15 is 4.39 Å². The molecule has 4 rings (SSSR count). The lowest BCUT2D eigenvalue weighted by atomic mass is 10.0. The van der Waals surface area contributed by atoms with Crippen LogP contribution in [0.2, 0.25) is 0 Å². The van der Waals surface area contributed by atoms with Crippen molar-refractivity contribution in [2.45, 2.75) is 25.6 Å². The van der Waals surface area contributed by atoms with Gasteiger partial charge in [-0.2, -0.15) is 28.4 Å². The molecule has 1 saturated heterocycles. The molecule has 0 unspecified atom stereocenters. The first-order valence-electron chi connectivity index (χ1n) is 10.9. The van der Waals surface area contributed by atoms with Crippen LogP contribution in [0.4, 0.5) is 28.9 Å². The number of hydrogen-bond donors (Lipinski definition) is 1. The van der Waals surface area contributed by atoms with E-state index in [2.05, 4.69) is 9.97 Å². The summed E-state index contributed by atoms with van der Waals surface area (Å²) in [6.07, 6.45) is -4.85. The van der Waals surface area contributed by atoms with Gasteiger partial charge in [0.05, 0.1) is 42.0 Å². The number of nitriles is 1. The number of methoxy groups -OCH3 is 1. The number of amides is 1. The van der Waals surface area contributed by atoms with Crippen molar-refractivity contribution >= 4 is 45.5 Å². The van der Waals surface area contributed by atoms with E-state index in [4.69, 9.17) is 32.1 Å². The highest BCUT2D eigenvalue weighted by Crippen LogP contribution is 2.41. The summed E-state index contributed by atoms with van der Waals surface area (Å²) in [5.41, 5.74) is -3.59. The van der Waals surface area contributed by atoms with Gasteiger partial charge < -0.3 is 19.5 Å². The SMILES string of the molecule is COc1nc(OCCO)c2cc(N3C(=S)N(c4ccc(C#N)c(C(F)(F)F)c4)C(=O)C3(C)C)cc(F)c2n1. The van der Waals surface area contributed by atoms with Gasteiger partial charge in [0.25, 0.3) is 5.91 Å². The van der Waals surface area contributed by atoms with Crippen molar-refractivity contribution in [1.29, 1.82) is 5.26 Å². The fourth-order valence-corrected chi connectivity index (χ4v) is 4.58. The molecule has 9 nitrogen and oxygen atoms in total. The van der Waals surface area contributed by atoms with Gasteiger partial charge in [0.1, 0.15) is 17.7 Å². The summed E-state index contributed by atoms with van der Waals surface area (Å²) in [6.45, 7) is 2.44. The highest BCUT2D eigenvalue weighted by atomic mass is 32.1. The van der Waals surface area contributed by atoms with Crippen molar-refractivity contribution in [2.75, 3.05) is 30.1 Å². The maximum absolute atomic E-state index is 15.3. The van der Waals surface area contributed by atoms with Crippen molar-refractivity contribution in [1.82, 2.24) is 9.97 Å². The van der Waals surface area contributed by atoms with Crippen LogP contribution < -0.4 is 19.3 Å². The third kappa shape index (κ3) is 4.44. The largest absolute Gasteiger partial charge is 0.475 e. The highest BCUT2D eigenvalue weighted by molar-refractivity contribution is 7.81. The van der Waals surface area contributed by atoms with Crippen LogP contribution in [0.15, 0.2) is 30.3 Å². The second kappa shape index (κ2) is 9.66. The molecule has 0 atom stereocenters. The lowest BCUT2D eigenvalue weighted by Crippen LogP contribution is -2.44. The molecule has 1 aliphatic rings. The number of carbonyl (C=O) groups is 1. The van der Waals surface area contributed by atoms with E-state index in [0.717, 1.165) is 17.0 Å². The monoisotopic (exact) mass is 549 g/mol. The highest BCUT2D eigenvalue weighted by Gasteiger charge is 2.51. The Kier molecular flexibility index (Phi) is 6.85. The van der Waals surface area contributed by atoms with Gasteiger partial charge in [0, 0.05) is 5.69 Å². The number of thiocarbonyl (C=S) groups is 1. The molecule has 0 bridgehead atoms. The second-order valence-electron chi connectivity index (χ2n) is 8.57. The summed E-state index contributed by atoms with van der Waals surface area (Å²) in [5.74, 6) is -1.62. The van der Waals surface area contributed by atoms with E-state index in [1.165, 1.54) is 44.1 Å². The summed E-state index contributed by atoms with van der Waals surface area (Å²) in [7, 11) is 1.28. The molecule has 3 aromatic rings. The van der Waals surface area contributed by atoms with Crippen LogP contribution in [0.25, 0.3) is 10.9 Å². The Morgan fingerprint density at radius 1 is 1.18 bits per heavy atom. The maximum atomic E-state index is 15.3. The van der Waals surface area contributed by atoms with Crippen LogP contribution in [0, 0.1) is 17.1 Å². The van der Waals surface area contributed by atoms with E-state index in [9.17, 15) is 18.0 Å². The van der Waals surface area contributed by atoms with Crippen LogP contribution in [0.5, 0.6) is 11.9 Å². The number of ether oxygens (including phenoxy) is 2. The van der Waals surface area contributed by atoms with Crippen LogP contribution in [0.3, 0.4) is 0 Å². The quantitative estimate of drug-likeness (QED) is 0.361. The number of nitrogens with zero attached hydrogens (tertiary/aromatic N) is 5. The first-order valence-corrected chi connectivity index (χ1v) is 11.3. The number of benzene rings is 2. The number of carbonyl (C=O) groups excluding carboxylic acids is 1. The molecule has 2 heterocycles. The van der Waals surface area contributed by atoms with E-state index in [1.54, 1.807) is 0 Å². The molecule has 1 aliphatic heterocycles. The van der Waals surface area contributed by atoms with Crippen molar-refractivity contribution in [3.63, 3.8) is 0 Å². The van der Waals surface area contributed by atoms with E-state index < -0.39 is 34.6 Å². The van der Waals surface area contributed by atoms with E-state index in [-0.39, 0.29) is 52.5 Å². The Labute approximate surface area is 218 Å². The lowest BCUT2D eigenvalue weighted by molar-refractivity contribution is -0.137. The predicted octanol–water partition coefficient (Wildman–Crippen LogP) is 3.96. The average Bonchev–Trinajstić information content (AvgIpc) is 3.04. The van der Waals surface area contributed by atoms with Crippen LogP contribution in [-0.2, 0) is 11.0 Å². The molecule has 38 heavy (non-hydrogen) atoms. The number of aliphatic hydroxyl groups excluding tert-OH is 1. The van der Waals surface area contributed by atoms with Gasteiger partial charge in [0.15, 0.2) is 10.9 Å². The standard InChI is InChI=1S/C24H19F4N5O4S/c1-23(2)20(35)32(13-5-4-12(11-29)16(9-13)24(26,27)28)22(38)33(23)14-8-15-18(17(25)10-14)30-21(36-3)31-19(15)37-7-6-34/h4-5,8-10,34H,6-7H2,1-3H3. The predicted molar refractivity (Wildman–Crippen MR) is 131 cm³/mol. The molecule has 2 aromatic carbocycles. The zero-order valence-electron chi connectivity index (χ0n) is 20.1. The number of alkyl halides is 3. The molecule has 0 aliphatic carbocycles. The average molecular weight is 550 g/mol. The van der Waals surface area contributed by atoms with Gasteiger partial charge in [-0.05, 0) is 56.4 Å². The van der Waals surface area contributed by atoms with Crippen molar-refractivity contribution < 1.29 is 36.9 Å². The summed E-state index contributed by atoms with van der Waals surface area (Å²) < 4.78 is 66.5. The first-order chi connectivity index (χ1) is 17.8. The minimum absolute atomic E-state index is 0.0770. The Balaban J connectivity index is 1.86. The third-order valence-corrected chi connectivity index (χ3v) is 6.17. The van der Waals surface area contributed by atoms with Crippen molar-refractivity contribution in [3.05, 3.63) is 47.3 Å². The van der Waals surface area contributed by atoms with Gasteiger partial charge in [-0.1, -0.05) is 0 Å². The zero-order valence-corrected chi connectivity index (χ0v) is 20.9. The molecule has 14 heteroatoms. The van der Waals surface area contributed by atoms with E-state index in [1.807, 2.05) is 0 Å². The maximum Gasteiger partial charge on any atom is 0.417 e. The van der Waals surface area contributed by atoms with Gasteiger partial charge in [-0.25, -0.2) is 4.39 Å². The first kappa shape index (κ1) is 27.0. The molecule has 0 saturated carbocycles. The van der Waals surface area contributed by atoms with Gasteiger partial charge in [-0.15, -0.1) is 0 Å². The minimum Gasteiger partial charge on any atom is -0.475 e. The Bertz CT molecular complexity index is 1510. The smallest absolute Gasteiger partial charge is 0.417 e. The number of anilines is 2.